The molecule has 1 heterocycles. The van der Waals surface area contributed by atoms with Crippen LogP contribution < -0.4 is 5.32 Å². The highest BCUT2D eigenvalue weighted by Gasteiger charge is 2.34. The van der Waals surface area contributed by atoms with E-state index < -0.39 is 0 Å². The minimum absolute atomic E-state index is 0.192. The quantitative estimate of drug-likeness (QED) is 0.831. The lowest BCUT2D eigenvalue weighted by atomic mass is 10.1. The van der Waals surface area contributed by atoms with Crippen LogP contribution in [-0.4, -0.2) is 29.2 Å². The van der Waals surface area contributed by atoms with Crippen molar-refractivity contribution < 1.29 is 14.4 Å². The molecule has 25 heavy (non-hydrogen) atoms. The van der Waals surface area contributed by atoms with Crippen LogP contribution in [0.2, 0.25) is 5.02 Å². The molecule has 0 aromatic heterocycles. The Morgan fingerprint density at radius 2 is 1.72 bits per heavy atom. The molecular weight excluding hydrogens is 340 g/mol. The molecule has 2 aromatic rings. The molecule has 0 aliphatic carbocycles. The second-order valence-electron chi connectivity index (χ2n) is 5.94. The lowest BCUT2D eigenvalue weighted by Gasteiger charge is -2.13. The lowest BCUT2D eigenvalue weighted by molar-refractivity contribution is -0.116. The van der Waals surface area contributed by atoms with Crippen molar-refractivity contribution >= 4 is 35.0 Å². The van der Waals surface area contributed by atoms with Gasteiger partial charge in [-0.25, -0.2) is 0 Å². The summed E-state index contributed by atoms with van der Waals surface area (Å²) in [5.74, 6) is -0.812. The van der Waals surface area contributed by atoms with Crippen molar-refractivity contribution in [1.82, 2.24) is 4.90 Å². The fourth-order valence-electron chi connectivity index (χ4n) is 2.77. The van der Waals surface area contributed by atoms with Gasteiger partial charge < -0.3 is 5.32 Å². The van der Waals surface area contributed by atoms with Crippen LogP contribution >= 0.6 is 11.6 Å². The van der Waals surface area contributed by atoms with Crippen LogP contribution in [0.3, 0.4) is 0 Å². The van der Waals surface area contributed by atoms with Gasteiger partial charge >= 0.3 is 0 Å². The fourth-order valence-corrected chi connectivity index (χ4v) is 3.06. The molecule has 1 aliphatic heterocycles. The Hall–Kier alpha value is -2.66. The molecule has 0 saturated carbocycles. The third kappa shape index (κ3) is 3.56. The molecule has 0 bridgehead atoms. The summed E-state index contributed by atoms with van der Waals surface area (Å²) in [6, 6.07) is 12.1. The van der Waals surface area contributed by atoms with Crippen molar-refractivity contribution in [2.45, 2.75) is 19.8 Å². The number of hydrogen-bond acceptors (Lipinski definition) is 3. The standard InChI is InChI=1S/C19H17ClN2O3/c1-12-8-9-16(15(20)11-12)21-17(23)7-4-10-22-18(24)13-5-2-3-6-14(13)19(22)25/h2-3,5-6,8-9,11H,4,7,10H2,1H3,(H,21,23). The Bertz CT molecular complexity index is 828. The minimum Gasteiger partial charge on any atom is -0.325 e. The lowest BCUT2D eigenvalue weighted by Crippen LogP contribution is -2.31. The third-order valence-electron chi connectivity index (χ3n) is 4.06. The van der Waals surface area contributed by atoms with E-state index in [4.69, 9.17) is 11.6 Å². The third-order valence-corrected chi connectivity index (χ3v) is 4.38. The smallest absolute Gasteiger partial charge is 0.261 e. The van der Waals surface area contributed by atoms with Gasteiger partial charge in [-0.3, -0.25) is 19.3 Å². The van der Waals surface area contributed by atoms with Gasteiger partial charge in [0.1, 0.15) is 0 Å². The van der Waals surface area contributed by atoms with Crippen molar-refractivity contribution in [2.24, 2.45) is 0 Å². The number of rotatable bonds is 5. The first-order valence-corrected chi connectivity index (χ1v) is 8.36. The SMILES string of the molecule is Cc1ccc(NC(=O)CCCN2C(=O)c3ccccc3C2=O)c(Cl)c1. The number of carbonyl (C=O) groups excluding carboxylic acids is 3. The molecule has 1 aliphatic rings. The van der Waals surface area contributed by atoms with Crippen LogP contribution in [0.4, 0.5) is 5.69 Å². The van der Waals surface area contributed by atoms with Crippen LogP contribution in [0.25, 0.3) is 0 Å². The molecule has 0 atom stereocenters. The van der Waals surface area contributed by atoms with E-state index in [0.717, 1.165) is 5.56 Å². The Morgan fingerprint density at radius 1 is 1.08 bits per heavy atom. The number of hydrogen-bond donors (Lipinski definition) is 1. The largest absolute Gasteiger partial charge is 0.325 e. The monoisotopic (exact) mass is 356 g/mol. The van der Waals surface area contributed by atoms with Crippen molar-refractivity contribution in [2.75, 3.05) is 11.9 Å². The molecule has 2 aromatic carbocycles. The summed E-state index contributed by atoms with van der Waals surface area (Å²) in [4.78, 5) is 37.7. The number of benzene rings is 2. The average molecular weight is 357 g/mol. The van der Waals surface area contributed by atoms with E-state index in [1.165, 1.54) is 4.90 Å². The molecule has 5 nitrogen and oxygen atoms in total. The minimum atomic E-state index is -0.303. The van der Waals surface area contributed by atoms with Crippen LogP contribution in [0.5, 0.6) is 0 Å². The highest BCUT2D eigenvalue weighted by Crippen LogP contribution is 2.24. The van der Waals surface area contributed by atoms with Gasteiger partial charge in [0.25, 0.3) is 11.8 Å². The maximum absolute atomic E-state index is 12.2. The molecule has 6 heteroatoms. The van der Waals surface area contributed by atoms with Crippen molar-refractivity contribution in [3.8, 4) is 0 Å². The maximum atomic E-state index is 12.2. The Morgan fingerprint density at radius 3 is 2.32 bits per heavy atom. The van der Waals surface area contributed by atoms with E-state index in [-0.39, 0.29) is 30.7 Å². The Balaban J connectivity index is 1.54. The number of amides is 3. The van der Waals surface area contributed by atoms with Gasteiger partial charge in [-0.1, -0.05) is 29.8 Å². The molecule has 3 rings (SSSR count). The topological polar surface area (TPSA) is 66.5 Å². The maximum Gasteiger partial charge on any atom is 0.261 e. The van der Waals surface area contributed by atoms with E-state index in [2.05, 4.69) is 5.32 Å². The molecule has 0 fully saturated rings. The molecule has 128 valence electrons. The molecule has 0 unspecified atom stereocenters. The number of imide groups is 1. The van der Waals surface area contributed by atoms with E-state index >= 15 is 0 Å². The number of nitrogens with one attached hydrogen (secondary N) is 1. The first-order chi connectivity index (χ1) is 12.0. The van der Waals surface area contributed by atoms with Crippen molar-refractivity contribution in [3.63, 3.8) is 0 Å². The predicted octanol–water partition coefficient (Wildman–Crippen LogP) is 3.66. The van der Waals surface area contributed by atoms with Crippen LogP contribution in [0.15, 0.2) is 42.5 Å². The van der Waals surface area contributed by atoms with Gasteiger partial charge in [-0.05, 0) is 43.2 Å². The summed E-state index contributed by atoms with van der Waals surface area (Å²) in [5.41, 5.74) is 2.40. The van der Waals surface area contributed by atoms with E-state index in [1.807, 2.05) is 13.0 Å². The molecule has 3 amide bonds. The second kappa shape index (κ2) is 7.07. The number of anilines is 1. The zero-order valence-electron chi connectivity index (χ0n) is 13.7. The Kier molecular flexibility index (Phi) is 4.86. The highest BCUT2D eigenvalue weighted by atomic mass is 35.5. The number of halogens is 1. The summed E-state index contributed by atoms with van der Waals surface area (Å²) >= 11 is 6.09. The van der Waals surface area contributed by atoms with Crippen LogP contribution in [0.1, 0.15) is 39.1 Å². The van der Waals surface area contributed by atoms with Crippen molar-refractivity contribution in [3.05, 3.63) is 64.2 Å². The number of nitrogens with zero attached hydrogens (tertiary/aromatic N) is 1. The van der Waals surface area contributed by atoms with Gasteiger partial charge in [-0.2, -0.15) is 0 Å². The molecule has 0 radical (unpaired) electrons. The molecule has 0 spiro atoms. The van der Waals surface area contributed by atoms with Gasteiger partial charge in [0.2, 0.25) is 5.91 Å². The molecular formula is C19H17ClN2O3. The van der Waals surface area contributed by atoms with Crippen LogP contribution in [-0.2, 0) is 4.79 Å². The Labute approximate surface area is 150 Å². The number of carbonyl (C=O) groups is 3. The van der Waals surface area contributed by atoms with Gasteiger partial charge in [0.05, 0.1) is 21.8 Å². The number of aryl methyl sites for hydroxylation is 1. The summed E-state index contributed by atoms with van der Waals surface area (Å²) < 4.78 is 0. The molecule has 1 N–H and O–H groups in total. The summed E-state index contributed by atoms with van der Waals surface area (Å²) in [7, 11) is 0. The van der Waals surface area contributed by atoms with Gasteiger partial charge in [-0.15, -0.1) is 0 Å². The second-order valence-corrected chi connectivity index (χ2v) is 6.35. The zero-order chi connectivity index (χ0) is 18.0. The predicted molar refractivity (Wildman–Crippen MR) is 95.9 cm³/mol. The highest BCUT2D eigenvalue weighted by molar-refractivity contribution is 6.33. The molecule has 0 saturated heterocycles. The van der Waals surface area contributed by atoms with Gasteiger partial charge in [0.15, 0.2) is 0 Å². The zero-order valence-corrected chi connectivity index (χ0v) is 14.5. The van der Waals surface area contributed by atoms with Gasteiger partial charge in [0, 0.05) is 13.0 Å². The van der Waals surface area contributed by atoms with E-state index in [1.54, 1.807) is 36.4 Å². The fraction of sp³-hybridized carbons (Fsp3) is 0.211. The average Bonchev–Trinajstić information content (AvgIpc) is 2.83. The first kappa shape index (κ1) is 17.2. The van der Waals surface area contributed by atoms with Crippen molar-refractivity contribution in [1.29, 1.82) is 0 Å². The van der Waals surface area contributed by atoms with Crippen LogP contribution in [0, 0.1) is 6.92 Å². The first-order valence-electron chi connectivity index (χ1n) is 7.98. The van der Waals surface area contributed by atoms with E-state index in [0.29, 0.717) is 28.3 Å². The summed E-state index contributed by atoms with van der Waals surface area (Å²) in [5, 5.41) is 3.22. The normalized spacial score (nSPS) is 13.1. The number of fused-ring (bicyclic) bond motifs is 1. The van der Waals surface area contributed by atoms with E-state index in [9.17, 15) is 14.4 Å². The summed E-state index contributed by atoms with van der Waals surface area (Å²) in [6.45, 7) is 2.13. The summed E-state index contributed by atoms with van der Waals surface area (Å²) in [6.07, 6.45) is 0.582.